The second-order valence-corrected chi connectivity index (χ2v) is 5.73. The van der Waals surface area contributed by atoms with Crippen LogP contribution in [0.2, 0.25) is 0 Å². The van der Waals surface area contributed by atoms with Gasteiger partial charge in [0.05, 0.1) is 0 Å². The fourth-order valence-electron chi connectivity index (χ4n) is 1.66. The van der Waals surface area contributed by atoms with Crippen molar-refractivity contribution in [2.75, 3.05) is 0 Å². The molecule has 0 aliphatic heterocycles. The van der Waals surface area contributed by atoms with E-state index in [4.69, 9.17) is 4.74 Å². The summed E-state index contributed by atoms with van der Waals surface area (Å²) in [5.41, 5.74) is 5.21. The number of nitrogens with one attached hydrogen (secondary N) is 2. The van der Waals surface area contributed by atoms with E-state index in [-0.39, 0.29) is 0 Å². The highest BCUT2D eigenvalue weighted by Gasteiger charge is 2.16. The molecule has 2 N–H and O–H groups in total. The van der Waals surface area contributed by atoms with Crippen molar-refractivity contribution in [2.24, 2.45) is 0 Å². The first-order chi connectivity index (χ1) is 8.39. The zero-order chi connectivity index (χ0) is 14.0. The second kappa shape index (κ2) is 9.20. The summed E-state index contributed by atoms with van der Waals surface area (Å²) < 4.78 is 5.16. The lowest BCUT2D eigenvalue weighted by molar-refractivity contribution is 0.0485. The van der Waals surface area contributed by atoms with E-state index in [2.05, 4.69) is 24.7 Å². The van der Waals surface area contributed by atoms with E-state index < -0.39 is 11.7 Å². The van der Waals surface area contributed by atoms with Gasteiger partial charge >= 0.3 is 6.09 Å². The molecule has 108 valence electrons. The minimum absolute atomic E-state index is 0.328. The van der Waals surface area contributed by atoms with Crippen LogP contribution in [0.4, 0.5) is 4.79 Å². The predicted octanol–water partition coefficient (Wildman–Crippen LogP) is 3.76. The Hall–Kier alpha value is -0.770. The van der Waals surface area contributed by atoms with E-state index in [0.29, 0.717) is 6.04 Å². The quantitative estimate of drug-likeness (QED) is 0.515. The van der Waals surface area contributed by atoms with Crippen LogP contribution in [0.3, 0.4) is 0 Å². The van der Waals surface area contributed by atoms with Crippen molar-refractivity contribution in [1.82, 2.24) is 10.9 Å². The second-order valence-electron chi connectivity index (χ2n) is 5.73. The Morgan fingerprint density at radius 2 is 1.83 bits per heavy atom. The van der Waals surface area contributed by atoms with E-state index >= 15 is 0 Å². The number of carbonyl (C=O) groups excluding carboxylic acids is 1. The van der Waals surface area contributed by atoms with Gasteiger partial charge in [0, 0.05) is 6.04 Å². The van der Waals surface area contributed by atoms with Gasteiger partial charge in [-0.3, -0.25) is 5.43 Å². The Morgan fingerprint density at radius 3 is 2.33 bits per heavy atom. The van der Waals surface area contributed by atoms with Gasteiger partial charge in [-0.2, -0.15) is 0 Å². The van der Waals surface area contributed by atoms with Crippen LogP contribution < -0.4 is 10.9 Å². The van der Waals surface area contributed by atoms with Crippen LogP contribution in [0.5, 0.6) is 0 Å². The van der Waals surface area contributed by atoms with Gasteiger partial charge in [0.15, 0.2) is 0 Å². The van der Waals surface area contributed by atoms with Gasteiger partial charge < -0.3 is 4.74 Å². The molecular formula is C14H30N2O2. The fourth-order valence-corrected chi connectivity index (χ4v) is 1.66. The Kier molecular flexibility index (Phi) is 8.81. The molecule has 0 fully saturated rings. The zero-order valence-electron chi connectivity index (χ0n) is 12.6. The third kappa shape index (κ3) is 10.4. The van der Waals surface area contributed by atoms with Crippen molar-refractivity contribution in [1.29, 1.82) is 0 Å². The highest BCUT2D eigenvalue weighted by molar-refractivity contribution is 5.67. The van der Waals surface area contributed by atoms with Gasteiger partial charge in [-0.25, -0.2) is 10.2 Å². The Labute approximate surface area is 112 Å². The van der Waals surface area contributed by atoms with Crippen LogP contribution in [-0.2, 0) is 4.74 Å². The van der Waals surface area contributed by atoms with Crippen molar-refractivity contribution in [3.05, 3.63) is 0 Å². The van der Waals surface area contributed by atoms with Crippen LogP contribution >= 0.6 is 0 Å². The average Bonchev–Trinajstić information content (AvgIpc) is 2.26. The maximum atomic E-state index is 11.5. The molecule has 4 heteroatoms. The zero-order valence-corrected chi connectivity index (χ0v) is 12.6. The van der Waals surface area contributed by atoms with E-state index in [0.717, 1.165) is 12.8 Å². The van der Waals surface area contributed by atoms with E-state index in [9.17, 15) is 4.79 Å². The van der Waals surface area contributed by atoms with Gasteiger partial charge in [0.2, 0.25) is 0 Å². The molecule has 1 amide bonds. The first kappa shape index (κ1) is 17.2. The van der Waals surface area contributed by atoms with Gasteiger partial charge in [0.1, 0.15) is 5.60 Å². The summed E-state index contributed by atoms with van der Waals surface area (Å²) in [4.78, 5) is 11.5. The Morgan fingerprint density at radius 1 is 1.17 bits per heavy atom. The smallest absolute Gasteiger partial charge is 0.422 e. The van der Waals surface area contributed by atoms with E-state index in [1.54, 1.807) is 0 Å². The van der Waals surface area contributed by atoms with Gasteiger partial charge in [-0.15, -0.1) is 0 Å². The molecule has 0 aromatic heterocycles. The minimum Gasteiger partial charge on any atom is -0.443 e. The number of hydrogen-bond donors (Lipinski definition) is 2. The van der Waals surface area contributed by atoms with Crippen LogP contribution in [-0.4, -0.2) is 17.7 Å². The molecule has 0 spiro atoms. The van der Waals surface area contributed by atoms with Crippen molar-refractivity contribution < 1.29 is 9.53 Å². The molecule has 0 aliphatic rings. The van der Waals surface area contributed by atoms with Gasteiger partial charge in [0.25, 0.3) is 0 Å². The molecule has 0 bridgehead atoms. The number of amides is 1. The minimum atomic E-state index is -0.450. The lowest BCUT2D eigenvalue weighted by Gasteiger charge is -2.22. The Balaban J connectivity index is 3.75. The molecule has 0 heterocycles. The summed E-state index contributed by atoms with van der Waals surface area (Å²) in [6.45, 7) is 9.89. The summed E-state index contributed by atoms with van der Waals surface area (Å²) in [6, 6.07) is 0.328. The normalized spacial score (nSPS) is 13.2. The summed E-state index contributed by atoms with van der Waals surface area (Å²) in [7, 11) is 0. The number of hydrogen-bond acceptors (Lipinski definition) is 3. The molecule has 0 aliphatic carbocycles. The fraction of sp³-hybridized carbons (Fsp3) is 0.929. The number of ether oxygens (including phenoxy) is 1. The third-order valence-corrected chi connectivity index (χ3v) is 2.68. The molecule has 0 aromatic carbocycles. The maximum Gasteiger partial charge on any atom is 0.422 e. The monoisotopic (exact) mass is 258 g/mol. The van der Waals surface area contributed by atoms with Crippen LogP contribution in [0.25, 0.3) is 0 Å². The molecule has 0 aromatic rings. The molecule has 0 saturated carbocycles. The van der Waals surface area contributed by atoms with Crippen LogP contribution in [0.15, 0.2) is 0 Å². The van der Waals surface area contributed by atoms with Crippen LogP contribution in [0, 0.1) is 0 Å². The van der Waals surface area contributed by atoms with Crippen molar-refractivity contribution >= 4 is 6.09 Å². The molecule has 4 nitrogen and oxygen atoms in total. The topological polar surface area (TPSA) is 50.4 Å². The molecular weight excluding hydrogens is 228 g/mol. The summed E-state index contributed by atoms with van der Waals surface area (Å²) >= 11 is 0. The standard InChI is InChI=1S/C14H30N2O2/c1-6-8-9-10-11-12(7-2)15-16-13(17)18-14(3,4)5/h12,15H,6-11H2,1-5H3,(H,16,17). The number of carbonyl (C=O) groups is 1. The summed E-state index contributed by atoms with van der Waals surface area (Å²) in [5.74, 6) is 0. The largest absolute Gasteiger partial charge is 0.443 e. The van der Waals surface area contributed by atoms with Crippen molar-refractivity contribution in [3.8, 4) is 0 Å². The molecule has 0 radical (unpaired) electrons. The summed E-state index contributed by atoms with van der Waals surface area (Å²) in [6.07, 6.45) is 6.69. The third-order valence-electron chi connectivity index (χ3n) is 2.68. The molecule has 18 heavy (non-hydrogen) atoms. The van der Waals surface area contributed by atoms with Gasteiger partial charge in [-0.05, 0) is 33.6 Å². The first-order valence-electron chi connectivity index (χ1n) is 7.13. The highest BCUT2D eigenvalue weighted by Crippen LogP contribution is 2.08. The lowest BCUT2D eigenvalue weighted by atomic mass is 10.1. The van der Waals surface area contributed by atoms with Crippen molar-refractivity contribution in [3.63, 3.8) is 0 Å². The van der Waals surface area contributed by atoms with Gasteiger partial charge in [-0.1, -0.05) is 39.5 Å². The number of rotatable bonds is 8. The Bertz CT molecular complexity index is 224. The summed E-state index contributed by atoms with van der Waals surface area (Å²) in [5, 5.41) is 0. The first-order valence-corrected chi connectivity index (χ1v) is 7.13. The maximum absolute atomic E-state index is 11.5. The number of unbranched alkanes of at least 4 members (excludes halogenated alkanes) is 3. The molecule has 0 saturated heterocycles. The average molecular weight is 258 g/mol. The predicted molar refractivity (Wildman–Crippen MR) is 75.3 cm³/mol. The molecule has 1 unspecified atom stereocenters. The highest BCUT2D eigenvalue weighted by atomic mass is 16.6. The number of hydrazine groups is 1. The SMILES string of the molecule is CCCCCCC(CC)NNC(=O)OC(C)(C)C. The van der Waals surface area contributed by atoms with E-state index in [1.807, 2.05) is 20.8 Å². The van der Waals surface area contributed by atoms with E-state index in [1.165, 1.54) is 25.7 Å². The molecule has 1 atom stereocenters. The van der Waals surface area contributed by atoms with Crippen molar-refractivity contribution in [2.45, 2.75) is 84.8 Å². The van der Waals surface area contributed by atoms with Crippen LogP contribution in [0.1, 0.15) is 73.1 Å². The lowest BCUT2D eigenvalue weighted by Crippen LogP contribution is -2.46. The molecule has 0 rings (SSSR count).